The van der Waals surface area contributed by atoms with E-state index in [0.717, 1.165) is 38.5 Å². The van der Waals surface area contributed by atoms with Gasteiger partial charge in [-0.15, -0.1) is 0 Å². The Kier molecular flexibility index (Phi) is 6.14. The average Bonchev–Trinajstić information content (AvgIpc) is 3.37. The number of hydrogen-bond acceptors (Lipinski definition) is 7. The minimum atomic E-state index is -3.84. The van der Waals surface area contributed by atoms with Crippen molar-refractivity contribution in [3.63, 3.8) is 0 Å². The Morgan fingerprint density at radius 1 is 1.19 bits per heavy atom. The number of aryl methyl sites for hydroxylation is 1. The summed E-state index contributed by atoms with van der Waals surface area (Å²) in [6.07, 6.45) is 7.06. The fraction of sp³-hybridized carbons (Fsp3) is 0.571. The van der Waals surface area contributed by atoms with Crippen LogP contribution in [0.4, 0.5) is 0 Å². The topological polar surface area (TPSA) is 137 Å². The number of primary sulfonamides is 1. The second kappa shape index (κ2) is 8.68. The van der Waals surface area contributed by atoms with E-state index in [9.17, 15) is 13.2 Å². The highest BCUT2D eigenvalue weighted by atomic mass is 32.2. The molecule has 1 atom stereocenters. The molecule has 1 aromatic heterocycles. The molecular weight excluding hydrogens is 420 g/mol. The van der Waals surface area contributed by atoms with E-state index in [1.165, 1.54) is 18.2 Å². The average molecular weight is 449 g/mol. The van der Waals surface area contributed by atoms with Gasteiger partial charge in [0.25, 0.3) is 11.8 Å². The Hall–Kier alpha value is -2.30. The van der Waals surface area contributed by atoms with E-state index in [1.807, 2.05) is 0 Å². The second-order valence-electron chi connectivity index (χ2n) is 8.43. The van der Waals surface area contributed by atoms with Gasteiger partial charge in [-0.05, 0) is 56.4 Å². The number of benzene rings is 1. The summed E-state index contributed by atoms with van der Waals surface area (Å²) < 4.78 is 34.5. The molecule has 2 aliphatic rings. The maximum atomic E-state index is 13.2. The number of nitrogens with zero attached hydrogens (tertiary/aromatic N) is 2. The molecule has 1 aromatic carbocycles. The molecule has 1 saturated heterocycles. The summed E-state index contributed by atoms with van der Waals surface area (Å²) in [6.45, 7) is 2.29. The van der Waals surface area contributed by atoms with Crippen molar-refractivity contribution in [3.8, 4) is 0 Å². The number of carbonyl (C=O) groups is 1. The Bertz CT molecular complexity index is 1050. The lowest BCUT2D eigenvalue weighted by atomic mass is 9.88. The van der Waals surface area contributed by atoms with E-state index in [-0.39, 0.29) is 16.9 Å². The molecule has 0 bridgehead atoms. The van der Waals surface area contributed by atoms with Crippen molar-refractivity contribution < 1.29 is 22.5 Å². The smallest absolute Gasteiger partial charge is 0.255 e. The molecule has 2 fully saturated rings. The molecule has 1 aliphatic carbocycles. The predicted molar refractivity (Wildman–Crippen MR) is 112 cm³/mol. The fourth-order valence-electron chi connectivity index (χ4n) is 4.47. The predicted octanol–water partition coefficient (Wildman–Crippen LogP) is 2.86. The third-order valence-corrected chi connectivity index (χ3v) is 7.20. The van der Waals surface area contributed by atoms with Gasteiger partial charge in [-0.1, -0.05) is 30.8 Å². The van der Waals surface area contributed by atoms with Crippen LogP contribution < -0.4 is 10.5 Å². The van der Waals surface area contributed by atoms with Crippen LogP contribution in [-0.2, 0) is 20.3 Å². The molecule has 168 valence electrons. The summed E-state index contributed by atoms with van der Waals surface area (Å²) in [5, 5.41) is 12.6. The molecular formula is C21H28N4O5S. The highest BCUT2D eigenvalue weighted by Gasteiger charge is 2.40. The third kappa shape index (κ3) is 4.65. The number of carbonyl (C=O) groups excluding carboxylic acids is 1. The first-order valence-electron chi connectivity index (χ1n) is 10.7. The van der Waals surface area contributed by atoms with Crippen LogP contribution in [-0.4, -0.2) is 31.1 Å². The van der Waals surface area contributed by atoms with Crippen molar-refractivity contribution in [1.82, 2.24) is 15.5 Å². The molecule has 0 unspecified atom stereocenters. The number of amides is 1. The molecule has 31 heavy (non-hydrogen) atoms. The highest BCUT2D eigenvalue weighted by Crippen LogP contribution is 2.36. The largest absolute Gasteiger partial charge is 0.368 e. The molecule has 1 saturated carbocycles. The second-order valence-corrected chi connectivity index (χ2v) is 9.96. The van der Waals surface area contributed by atoms with Crippen LogP contribution in [0.15, 0.2) is 27.6 Å². The van der Waals surface area contributed by atoms with E-state index < -0.39 is 15.6 Å². The van der Waals surface area contributed by atoms with E-state index >= 15 is 0 Å². The fourth-order valence-corrected chi connectivity index (χ4v) is 5.23. The van der Waals surface area contributed by atoms with Gasteiger partial charge in [0.2, 0.25) is 10.0 Å². The van der Waals surface area contributed by atoms with Gasteiger partial charge < -0.3 is 14.6 Å². The van der Waals surface area contributed by atoms with E-state index in [0.29, 0.717) is 42.3 Å². The normalized spacial score (nSPS) is 21.5. The summed E-state index contributed by atoms with van der Waals surface area (Å²) in [7, 11) is -3.84. The lowest BCUT2D eigenvalue weighted by Crippen LogP contribution is -2.46. The summed E-state index contributed by atoms with van der Waals surface area (Å²) >= 11 is 0. The minimum absolute atomic E-state index is 0.00704. The zero-order chi connectivity index (χ0) is 22.1. The van der Waals surface area contributed by atoms with Crippen molar-refractivity contribution in [2.24, 2.45) is 5.14 Å². The number of hydrogen-bond donors (Lipinski definition) is 2. The van der Waals surface area contributed by atoms with Crippen LogP contribution in [0, 0.1) is 6.92 Å². The lowest BCUT2D eigenvalue weighted by molar-refractivity contribution is 0.0833. The third-order valence-electron chi connectivity index (χ3n) is 6.13. The number of rotatable bonds is 5. The first kappa shape index (κ1) is 21.9. The summed E-state index contributed by atoms with van der Waals surface area (Å²) in [4.78, 5) is 17.8. The molecule has 1 amide bonds. The monoisotopic (exact) mass is 448 g/mol. The van der Waals surface area contributed by atoms with Crippen LogP contribution in [0.1, 0.15) is 85.1 Å². The number of nitrogens with one attached hydrogen (secondary N) is 1. The van der Waals surface area contributed by atoms with Crippen LogP contribution in [0.5, 0.6) is 0 Å². The SMILES string of the molecule is Cc1cc(C(=O)NC2(c3noc([C@@H]4CCCO4)n3)CCCCCC2)ccc1S(N)(=O)=O. The maximum Gasteiger partial charge on any atom is 0.255 e. The molecule has 10 heteroatoms. The first-order chi connectivity index (χ1) is 14.8. The minimum Gasteiger partial charge on any atom is -0.368 e. The molecule has 2 aromatic rings. The van der Waals surface area contributed by atoms with Crippen molar-refractivity contribution in [2.75, 3.05) is 6.61 Å². The summed E-state index contributed by atoms with van der Waals surface area (Å²) in [5.41, 5.74) is 0.0437. The summed E-state index contributed by atoms with van der Waals surface area (Å²) in [6, 6.07) is 4.37. The van der Waals surface area contributed by atoms with Gasteiger partial charge in [-0.2, -0.15) is 4.98 Å². The van der Waals surface area contributed by atoms with E-state index in [2.05, 4.69) is 15.5 Å². The Morgan fingerprint density at radius 2 is 1.94 bits per heavy atom. The zero-order valence-corrected chi connectivity index (χ0v) is 18.4. The maximum absolute atomic E-state index is 13.2. The van der Waals surface area contributed by atoms with Gasteiger partial charge in [0, 0.05) is 12.2 Å². The van der Waals surface area contributed by atoms with Gasteiger partial charge in [-0.25, -0.2) is 13.6 Å². The van der Waals surface area contributed by atoms with Crippen molar-refractivity contribution in [3.05, 3.63) is 41.0 Å². The van der Waals surface area contributed by atoms with Crippen molar-refractivity contribution >= 4 is 15.9 Å². The molecule has 9 nitrogen and oxygen atoms in total. The Labute approximate surface area is 181 Å². The van der Waals surface area contributed by atoms with Gasteiger partial charge in [-0.3, -0.25) is 4.79 Å². The number of nitrogens with two attached hydrogens (primary N) is 1. The van der Waals surface area contributed by atoms with E-state index in [4.69, 9.17) is 14.4 Å². The standard InChI is InChI=1S/C21H28N4O5S/c1-14-13-15(8-9-17(14)31(22,27)28)18(26)24-21(10-4-2-3-5-11-21)20-23-19(30-25-20)16-7-6-12-29-16/h8-9,13,16H,2-7,10-12H2,1H3,(H,24,26)(H2,22,27,28)/t16-/m0/s1. The van der Waals surface area contributed by atoms with E-state index in [1.54, 1.807) is 6.92 Å². The number of sulfonamides is 1. The van der Waals surface area contributed by atoms with Crippen LogP contribution in [0.3, 0.4) is 0 Å². The molecule has 2 heterocycles. The van der Waals surface area contributed by atoms with Crippen LogP contribution in [0.2, 0.25) is 0 Å². The Balaban J connectivity index is 1.62. The molecule has 4 rings (SSSR count). The molecule has 3 N–H and O–H groups in total. The van der Waals surface area contributed by atoms with Gasteiger partial charge in [0.05, 0.1) is 4.90 Å². The van der Waals surface area contributed by atoms with Crippen LogP contribution in [0.25, 0.3) is 0 Å². The lowest BCUT2D eigenvalue weighted by Gasteiger charge is -2.31. The summed E-state index contributed by atoms with van der Waals surface area (Å²) in [5.74, 6) is 0.624. The molecule has 1 aliphatic heterocycles. The number of aromatic nitrogens is 2. The van der Waals surface area contributed by atoms with Gasteiger partial charge >= 0.3 is 0 Å². The van der Waals surface area contributed by atoms with Crippen LogP contribution >= 0.6 is 0 Å². The van der Waals surface area contributed by atoms with Gasteiger partial charge in [0.15, 0.2) is 5.82 Å². The van der Waals surface area contributed by atoms with Crippen molar-refractivity contribution in [2.45, 2.75) is 74.8 Å². The highest BCUT2D eigenvalue weighted by molar-refractivity contribution is 7.89. The van der Waals surface area contributed by atoms with Crippen molar-refractivity contribution in [1.29, 1.82) is 0 Å². The molecule has 0 spiro atoms. The Morgan fingerprint density at radius 3 is 2.55 bits per heavy atom. The zero-order valence-electron chi connectivity index (χ0n) is 17.6. The quantitative estimate of drug-likeness (QED) is 0.671. The molecule has 0 radical (unpaired) electrons. The first-order valence-corrected chi connectivity index (χ1v) is 12.2. The number of ether oxygens (including phenoxy) is 1. The van der Waals surface area contributed by atoms with Gasteiger partial charge in [0.1, 0.15) is 11.6 Å².